The molecule has 0 heterocycles. The molecule has 0 unspecified atom stereocenters. The summed E-state index contributed by atoms with van der Waals surface area (Å²) < 4.78 is 0. The molecule has 0 radical (unpaired) electrons. The molecule has 0 aliphatic heterocycles. The Morgan fingerprint density at radius 2 is 1.76 bits per heavy atom. The smallest absolute Gasteiger partial charge is 0.170 e. The molecule has 2 rings (SSSR count). The summed E-state index contributed by atoms with van der Waals surface area (Å²) in [5.74, 6) is 0.123. The zero-order valence-electron chi connectivity index (χ0n) is 12.7. The van der Waals surface area contributed by atoms with Crippen molar-refractivity contribution in [2.24, 2.45) is 10.9 Å². The fourth-order valence-corrected chi connectivity index (χ4v) is 2.39. The van der Waals surface area contributed by atoms with Gasteiger partial charge in [0.2, 0.25) is 0 Å². The molecule has 0 bridgehead atoms. The summed E-state index contributed by atoms with van der Waals surface area (Å²) in [4.78, 5) is 2.16. The average molecular weight is 283 g/mol. The van der Waals surface area contributed by atoms with Gasteiger partial charge in [0, 0.05) is 24.8 Å². The highest BCUT2D eigenvalue weighted by atomic mass is 16.4. The Kier molecular flexibility index (Phi) is 4.48. The van der Waals surface area contributed by atoms with E-state index in [1.54, 1.807) is 0 Å². The molecule has 0 aromatic heterocycles. The van der Waals surface area contributed by atoms with Crippen LogP contribution in [0.5, 0.6) is 0 Å². The molecule has 0 aliphatic carbocycles. The van der Waals surface area contributed by atoms with Gasteiger partial charge in [0.15, 0.2) is 5.84 Å². The second-order valence-electron chi connectivity index (χ2n) is 5.26. The average Bonchev–Trinajstić information content (AvgIpc) is 2.50. The van der Waals surface area contributed by atoms with Crippen LogP contribution in [0.25, 0.3) is 0 Å². The minimum absolute atomic E-state index is 0.123. The number of amidine groups is 1. The first-order valence-corrected chi connectivity index (χ1v) is 6.87. The maximum absolute atomic E-state index is 8.78. The maximum Gasteiger partial charge on any atom is 0.170 e. The summed E-state index contributed by atoms with van der Waals surface area (Å²) in [6.07, 6.45) is 0. The third-order valence-corrected chi connectivity index (χ3v) is 3.73. The van der Waals surface area contributed by atoms with Crippen LogP contribution in [0, 0.1) is 13.8 Å². The number of aryl methyl sites for hydroxylation is 2. The van der Waals surface area contributed by atoms with Crippen LogP contribution < -0.4 is 10.6 Å². The Hall–Kier alpha value is -2.49. The molecule has 2 aromatic carbocycles. The van der Waals surface area contributed by atoms with Gasteiger partial charge in [0.05, 0.1) is 0 Å². The van der Waals surface area contributed by atoms with Gasteiger partial charge in [-0.3, -0.25) is 0 Å². The summed E-state index contributed by atoms with van der Waals surface area (Å²) in [5.41, 5.74) is 11.3. The number of hydrogen-bond acceptors (Lipinski definition) is 3. The Bertz CT molecular complexity index is 645. The van der Waals surface area contributed by atoms with Crippen molar-refractivity contribution >= 4 is 11.5 Å². The van der Waals surface area contributed by atoms with Crippen LogP contribution in [-0.2, 0) is 6.54 Å². The molecule has 21 heavy (non-hydrogen) atoms. The molecule has 0 fully saturated rings. The molecule has 0 amide bonds. The lowest BCUT2D eigenvalue weighted by molar-refractivity contribution is 0.318. The second kappa shape index (κ2) is 6.31. The first-order chi connectivity index (χ1) is 10.0. The molecule has 4 heteroatoms. The van der Waals surface area contributed by atoms with Crippen molar-refractivity contribution < 1.29 is 5.21 Å². The van der Waals surface area contributed by atoms with Crippen LogP contribution in [0.3, 0.4) is 0 Å². The lowest BCUT2D eigenvalue weighted by atomic mass is 10.0. The maximum atomic E-state index is 8.78. The minimum Gasteiger partial charge on any atom is -0.409 e. The van der Waals surface area contributed by atoms with E-state index in [-0.39, 0.29) is 5.84 Å². The number of benzene rings is 2. The van der Waals surface area contributed by atoms with Gasteiger partial charge in [-0.1, -0.05) is 35.5 Å². The lowest BCUT2D eigenvalue weighted by Crippen LogP contribution is -2.19. The van der Waals surface area contributed by atoms with Crippen molar-refractivity contribution in [3.63, 3.8) is 0 Å². The number of oxime groups is 1. The van der Waals surface area contributed by atoms with E-state index in [4.69, 9.17) is 10.9 Å². The summed E-state index contributed by atoms with van der Waals surface area (Å²) in [5, 5.41) is 11.8. The van der Waals surface area contributed by atoms with E-state index in [1.165, 1.54) is 16.7 Å². The summed E-state index contributed by atoms with van der Waals surface area (Å²) in [6.45, 7) is 5.07. The molecule has 0 saturated heterocycles. The van der Waals surface area contributed by atoms with E-state index in [1.807, 2.05) is 31.3 Å². The first-order valence-electron chi connectivity index (χ1n) is 6.87. The Balaban J connectivity index is 2.27. The van der Waals surface area contributed by atoms with Crippen molar-refractivity contribution in [2.75, 3.05) is 11.9 Å². The van der Waals surface area contributed by atoms with Gasteiger partial charge in [0.1, 0.15) is 0 Å². The minimum atomic E-state index is 0.123. The van der Waals surface area contributed by atoms with E-state index < -0.39 is 0 Å². The van der Waals surface area contributed by atoms with E-state index in [9.17, 15) is 0 Å². The molecule has 3 N–H and O–H groups in total. The largest absolute Gasteiger partial charge is 0.409 e. The third kappa shape index (κ3) is 3.34. The van der Waals surface area contributed by atoms with Crippen molar-refractivity contribution in [1.29, 1.82) is 0 Å². The standard InChI is InChI=1S/C17H21N3O/c1-12-6-4-7-13(2)16(12)11-20(3)15-9-5-8-14(10-15)17(18)19-21/h4-10,21H,11H2,1-3H3,(H2,18,19). The number of nitrogens with two attached hydrogens (primary N) is 1. The normalized spacial score (nSPS) is 11.5. The van der Waals surface area contributed by atoms with Crippen molar-refractivity contribution in [3.8, 4) is 0 Å². The van der Waals surface area contributed by atoms with Gasteiger partial charge in [-0.25, -0.2) is 0 Å². The highest BCUT2D eigenvalue weighted by Crippen LogP contribution is 2.20. The first kappa shape index (κ1) is 14.9. The van der Waals surface area contributed by atoms with E-state index in [0.29, 0.717) is 5.56 Å². The van der Waals surface area contributed by atoms with Gasteiger partial charge in [-0.15, -0.1) is 0 Å². The molecule has 110 valence electrons. The molecular weight excluding hydrogens is 262 g/mol. The van der Waals surface area contributed by atoms with Crippen LogP contribution in [-0.4, -0.2) is 18.1 Å². The van der Waals surface area contributed by atoms with Crippen LogP contribution in [0.2, 0.25) is 0 Å². The molecule has 2 aromatic rings. The number of rotatable bonds is 4. The fraction of sp³-hybridized carbons (Fsp3) is 0.235. The highest BCUT2D eigenvalue weighted by molar-refractivity contribution is 5.97. The summed E-state index contributed by atoms with van der Waals surface area (Å²) in [7, 11) is 2.04. The highest BCUT2D eigenvalue weighted by Gasteiger charge is 2.08. The van der Waals surface area contributed by atoms with Gasteiger partial charge >= 0.3 is 0 Å². The summed E-state index contributed by atoms with van der Waals surface area (Å²) >= 11 is 0. The lowest BCUT2D eigenvalue weighted by Gasteiger charge is -2.22. The number of nitrogens with zero attached hydrogens (tertiary/aromatic N) is 2. The zero-order valence-corrected chi connectivity index (χ0v) is 12.7. The fourth-order valence-electron chi connectivity index (χ4n) is 2.39. The topological polar surface area (TPSA) is 61.8 Å². The van der Waals surface area contributed by atoms with Gasteiger partial charge in [-0.2, -0.15) is 0 Å². The SMILES string of the molecule is Cc1cccc(C)c1CN(C)c1cccc(/C(N)=N/O)c1. The molecule has 4 nitrogen and oxygen atoms in total. The van der Waals surface area contributed by atoms with Crippen LogP contribution in [0.1, 0.15) is 22.3 Å². The van der Waals surface area contributed by atoms with Crippen LogP contribution in [0.15, 0.2) is 47.6 Å². The van der Waals surface area contributed by atoms with Gasteiger partial charge in [-0.05, 0) is 42.7 Å². The predicted molar refractivity (Wildman–Crippen MR) is 87.0 cm³/mol. The summed E-state index contributed by atoms with van der Waals surface area (Å²) in [6, 6.07) is 14.0. The van der Waals surface area contributed by atoms with Crippen molar-refractivity contribution in [2.45, 2.75) is 20.4 Å². The second-order valence-corrected chi connectivity index (χ2v) is 5.26. The van der Waals surface area contributed by atoms with Crippen molar-refractivity contribution in [3.05, 3.63) is 64.7 Å². The van der Waals surface area contributed by atoms with Gasteiger partial charge in [0.25, 0.3) is 0 Å². The Morgan fingerprint density at radius 1 is 1.14 bits per heavy atom. The quantitative estimate of drug-likeness (QED) is 0.392. The molecule has 0 saturated carbocycles. The monoisotopic (exact) mass is 283 g/mol. The Labute approximate surface area is 125 Å². The number of hydrogen-bond donors (Lipinski definition) is 2. The van der Waals surface area contributed by atoms with Gasteiger partial charge < -0.3 is 15.8 Å². The van der Waals surface area contributed by atoms with E-state index in [0.717, 1.165) is 12.2 Å². The molecule has 0 aliphatic rings. The van der Waals surface area contributed by atoms with Crippen LogP contribution in [0.4, 0.5) is 5.69 Å². The number of anilines is 1. The Morgan fingerprint density at radius 3 is 2.38 bits per heavy atom. The third-order valence-electron chi connectivity index (χ3n) is 3.73. The van der Waals surface area contributed by atoms with E-state index in [2.05, 4.69) is 42.1 Å². The van der Waals surface area contributed by atoms with E-state index >= 15 is 0 Å². The molecule has 0 spiro atoms. The van der Waals surface area contributed by atoms with Crippen LogP contribution >= 0.6 is 0 Å². The zero-order chi connectivity index (χ0) is 15.4. The predicted octanol–water partition coefficient (Wildman–Crippen LogP) is 3.03. The molecular formula is C17H21N3O. The molecule has 0 atom stereocenters. The van der Waals surface area contributed by atoms with Crippen molar-refractivity contribution in [1.82, 2.24) is 0 Å².